The van der Waals surface area contributed by atoms with Crippen molar-refractivity contribution in [2.24, 2.45) is 0 Å². The van der Waals surface area contributed by atoms with Gasteiger partial charge in [0.05, 0.1) is 5.69 Å². The Morgan fingerprint density at radius 2 is 2.00 bits per heavy atom. The zero-order chi connectivity index (χ0) is 16.1. The molecule has 22 heavy (non-hydrogen) atoms. The summed E-state index contributed by atoms with van der Waals surface area (Å²) in [7, 11) is 0. The monoisotopic (exact) mass is 321 g/mol. The molecule has 1 aromatic carbocycles. The maximum atomic E-state index is 12.3. The van der Waals surface area contributed by atoms with Crippen LogP contribution < -0.4 is 0 Å². The third kappa shape index (κ3) is 3.85. The summed E-state index contributed by atoms with van der Waals surface area (Å²) in [6.45, 7) is 1.93. The minimum Gasteiger partial charge on any atom is -0.480 e. The minimum atomic E-state index is -1.04. The van der Waals surface area contributed by atoms with Crippen molar-refractivity contribution in [2.45, 2.75) is 13.3 Å². The van der Waals surface area contributed by atoms with Crippen LogP contribution in [0.3, 0.4) is 0 Å². The largest absolute Gasteiger partial charge is 0.480 e. The number of carbonyl (C=O) groups excluding carboxylic acids is 1. The van der Waals surface area contributed by atoms with Crippen LogP contribution in [-0.4, -0.2) is 45.2 Å². The second-order valence-electron chi connectivity index (χ2n) is 4.79. The fraction of sp³-hybridized carbons (Fsp3) is 0.267. The summed E-state index contributed by atoms with van der Waals surface area (Å²) >= 11 is 5.83. The molecular weight excluding hydrogens is 306 g/mol. The predicted molar refractivity (Wildman–Crippen MR) is 82.9 cm³/mol. The summed E-state index contributed by atoms with van der Waals surface area (Å²) < 4.78 is 0. The van der Waals surface area contributed by atoms with E-state index in [1.165, 1.54) is 4.90 Å². The van der Waals surface area contributed by atoms with Crippen LogP contribution >= 0.6 is 11.6 Å². The van der Waals surface area contributed by atoms with Gasteiger partial charge in [-0.05, 0) is 24.6 Å². The molecule has 0 bridgehead atoms. The first-order valence-electron chi connectivity index (χ1n) is 6.83. The topological polar surface area (TPSA) is 86.3 Å². The fourth-order valence-corrected chi connectivity index (χ4v) is 2.18. The van der Waals surface area contributed by atoms with Crippen LogP contribution in [0.15, 0.2) is 30.3 Å². The predicted octanol–water partition coefficient (Wildman–Crippen LogP) is 2.67. The number of aliphatic carboxylic acids is 1. The lowest BCUT2D eigenvalue weighted by Gasteiger charge is -2.18. The minimum absolute atomic E-state index is 0.264. The van der Waals surface area contributed by atoms with Gasteiger partial charge in [-0.25, -0.2) is 0 Å². The van der Waals surface area contributed by atoms with Crippen LogP contribution in [0, 0.1) is 0 Å². The van der Waals surface area contributed by atoms with Gasteiger partial charge in [-0.15, -0.1) is 0 Å². The molecule has 1 aromatic heterocycles. The number of carboxylic acid groups (broad SMARTS) is 1. The number of nitrogens with zero attached hydrogens (tertiary/aromatic N) is 2. The number of nitrogens with one attached hydrogen (secondary N) is 1. The van der Waals surface area contributed by atoms with Gasteiger partial charge in [0.25, 0.3) is 5.91 Å². The third-order valence-electron chi connectivity index (χ3n) is 3.06. The maximum Gasteiger partial charge on any atom is 0.323 e. The molecule has 0 atom stereocenters. The highest BCUT2D eigenvalue weighted by molar-refractivity contribution is 6.30. The van der Waals surface area contributed by atoms with E-state index in [4.69, 9.17) is 16.7 Å². The molecule has 1 amide bonds. The molecular formula is C15H16ClN3O3. The molecule has 0 saturated carbocycles. The molecule has 0 aliphatic carbocycles. The summed E-state index contributed by atoms with van der Waals surface area (Å²) in [6, 6.07) is 8.68. The molecule has 0 radical (unpaired) electrons. The Kier molecular flexibility index (Phi) is 5.16. The van der Waals surface area contributed by atoms with Gasteiger partial charge in [0.15, 0.2) is 0 Å². The van der Waals surface area contributed by atoms with Crippen LogP contribution in [0.4, 0.5) is 0 Å². The van der Waals surface area contributed by atoms with Crippen LogP contribution in [0.2, 0.25) is 5.02 Å². The van der Waals surface area contributed by atoms with Crippen molar-refractivity contribution < 1.29 is 14.7 Å². The van der Waals surface area contributed by atoms with E-state index in [-0.39, 0.29) is 18.1 Å². The Labute approximate surface area is 132 Å². The van der Waals surface area contributed by atoms with Gasteiger partial charge >= 0.3 is 5.97 Å². The summed E-state index contributed by atoms with van der Waals surface area (Å²) in [5, 5.41) is 16.3. The SMILES string of the molecule is CCCN(CC(=O)O)C(=O)c1cc(-c2ccc(Cl)cc2)n[nH]1. The van der Waals surface area contributed by atoms with E-state index in [0.717, 1.165) is 5.56 Å². The normalized spacial score (nSPS) is 10.5. The van der Waals surface area contributed by atoms with Gasteiger partial charge in [-0.2, -0.15) is 5.10 Å². The van der Waals surface area contributed by atoms with E-state index in [1.54, 1.807) is 30.3 Å². The average molecular weight is 322 g/mol. The second kappa shape index (κ2) is 7.09. The highest BCUT2D eigenvalue weighted by atomic mass is 35.5. The molecule has 7 heteroatoms. The zero-order valence-corrected chi connectivity index (χ0v) is 12.8. The van der Waals surface area contributed by atoms with Gasteiger partial charge in [0.2, 0.25) is 0 Å². The average Bonchev–Trinajstić information content (AvgIpc) is 2.96. The first-order valence-corrected chi connectivity index (χ1v) is 7.21. The number of benzene rings is 1. The molecule has 116 valence electrons. The van der Waals surface area contributed by atoms with Crippen molar-refractivity contribution in [1.29, 1.82) is 0 Å². The second-order valence-corrected chi connectivity index (χ2v) is 5.23. The van der Waals surface area contributed by atoms with Crippen LogP contribution in [0.1, 0.15) is 23.8 Å². The van der Waals surface area contributed by atoms with E-state index in [2.05, 4.69) is 10.2 Å². The summed E-state index contributed by atoms with van der Waals surface area (Å²) in [5.41, 5.74) is 1.69. The van der Waals surface area contributed by atoms with Crippen molar-refractivity contribution in [3.63, 3.8) is 0 Å². The molecule has 1 heterocycles. The van der Waals surface area contributed by atoms with Gasteiger partial charge < -0.3 is 10.0 Å². The van der Waals surface area contributed by atoms with E-state index in [9.17, 15) is 9.59 Å². The Morgan fingerprint density at radius 3 is 2.59 bits per heavy atom. The van der Waals surface area contributed by atoms with Gasteiger partial charge in [0.1, 0.15) is 12.2 Å². The van der Waals surface area contributed by atoms with Crippen molar-refractivity contribution in [3.05, 3.63) is 41.0 Å². The van der Waals surface area contributed by atoms with Gasteiger partial charge in [0, 0.05) is 17.1 Å². The lowest BCUT2D eigenvalue weighted by atomic mass is 10.1. The number of carbonyl (C=O) groups is 2. The summed E-state index contributed by atoms with van der Waals surface area (Å²) in [5.74, 6) is -1.42. The van der Waals surface area contributed by atoms with Crippen LogP contribution in [0.5, 0.6) is 0 Å². The highest BCUT2D eigenvalue weighted by Crippen LogP contribution is 2.20. The molecule has 2 N–H and O–H groups in total. The zero-order valence-electron chi connectivity index (χ0n) is 12.0. The molecule has 0 aliphatic rings. The number of aromatic nitrogens is 2. The maximum absolute atomic E-state index is 12.3. The Hall–Kier alpha value is -2.34. The first kappa shape index (κ1) is 16.0. The van der Waals surface area contributed by atoms with E-state index in [1.807, 2.05) is 6.92 Å². The smallest absolute Gasteiger partial charge is 0.323 e. The standard InChI is InChI=1S/C15H16ClN3O3/c1-2-7-19(9-14(20)21)15(22)13-8-12(17-18-13)10-3-5-11(16)6-4-10/h3-6,8H,2,7,9H2,1H3,(H,17,18)(H,20,21). The first-order chi connectivity index (χ1) is 10.5. The molecule has 0 saturated heterocycles. The molecule has 0 unspecified atom stereocenters. The van der Waals surface area contributed by atoms with Crippen molar-refractivity contribution in [3.8, 4) is 11.3 Å². The van der Waals surface area contributed by atoms with Crippen molar-refractivity contribution in [1.82, 2.24) is 15.1 Å². The number of H-pyrrole nitrogens is 1. The molecule has 0 fully saturated rings. The summed E-state index contributed by atoms with van der Waals surface area (Å²) in [6.07, 6.45) is 0.678. The number of aromatic amines is 1. The van der Waals surface area contributed by atoms with E-state index < -0.39 is 5.97 Å². The number of halogens is 1. The lowest BCUT2D eigenvalue weighted by Crippen LogP contribution is -2.36. The molecule has 0 spiro atoms. The third-order valence-corrected chi connectivity index (χ3v) is 3.31. The van der Waals surface area contributed by atoms with E-state index in [0.29, 0.717) is 23.7 Å². The van der Waals surface area contributed by atoms with Crippen molar-refractivity contribution in [2.75, 3.05) is 13.1 Å². The number of hydrogen-bond donors (Lipinski definition) is 2. The lowest BCUT2D eigenvalue weighted by molar-refractivity contribution is -0.137. The van der Waals surface area contributed by atoms with E-state index >= 15 is 0 Å². The number of rotatable bonds is 6. The molecule has 6 nitrogen and oxygen atoms in total. The number of carboxylic acids is 1. The quantitative estimate of drug-likeness (QED) is 0.856. The summed E-state index contributed by atoms with van der Waals surface area (Å²) in [4.78, 5) is 24.5. The molecule has 2 aromatic rings. The Bertz CT molecular complexity index is 667. The van der Waals surface area contributed by atoms with Crippen LogP contribution in [0.25, 0.3) is 11.3 Å². The fourth-order valence-electron chi connectivity index (χ4n) is 2.06. The molecule has 2 rings (SSSR count). The Balaban J connectivity index is 2.20. The van der Waals surface area contributed by atoms with Crippen molar-refractivity contribution >= 4 is 23.5 Å². The highest BCUT2D eigenvalue weighted by Gasteiger charge is 2.20. The van der Waals surface area contributed by atoms with Crippen LogP contribution in [-0.2, 0) is 4.79 Å². The van der Waals surface area contributed by atoms with Gasteiger partial charge in [-0.3, -0.25) is 14.7 Å². The number of amides is 1. The van der Waals surface area contributed by atoms with Gasteiger partial charge in [-0.1, -0.05) is 30.7 Å². The molecule has 0 aliphatic heterocycles. The number of hydrogen-bond acceptors (Lipinski definition) is 3. The Morgan fingerprint density at radius 1 is 1.32 bits per heavy atom.